The fraction of sp³-hybridized carbons (Fsp3) is 0.919. The van der Waals surface area contributed by atoms with Crippen molar-refractivity contribution >= 4 is 5.91 Å². The molecule has 0 bridgehead atoms. The Balaban J connectivity index is 1.26. The monoisotopic (exact) mass is 645 g/mol. The standard InChI is InChI=1S/C37H72N8O/c1-25(2)7-6-8-26(3)30-11-12-31-29-10-9-28-23-27(13-15-36(28,4)32(29)14-16-37(30,31)5)24-33(46)42-17-20-45(21-18-43-34(38)39)22-19-44-35(40)41/h9,25-27,29-32,34-35,43-44H,6-8,10-24,38-41H2,1-5H3,(H,42,46). The maximum absolute atomic E-state index is 13.1. The van der Waals surface area contributed by atoms with Crippen LogP contribution in [0.4, 0.5) is 0 Å². The molecule has 4 rings (SSSR count). The minimum absolute atomic E-state index is 0.181. The van der Waals surface area contributed by atoms with Crippen molar-refractivity contribution in [2.45, 2.75) is 124 Å². The Hall–Kier alpha value is -1.07. The lowest BCUT2D eigenvalue weighted by Crippen LogP contribution is -2.51. The highest BCUT2D eigenvalue weighted by atomic mass is 16.1. The van der Waals surface area contributed by atoms with E-state index in [4.69, 9.17) is 22.9 Å². The van der Waals surface area contributed by atoms with Gasteiger partial charge < -0.3 is 28.3 Å². The molecule has 3 saturated carbocycles. The van der Waals surface area contributed by atoms with Crippen LogP contribution in [-0.2, 0) is 4.79 Å². The smallest absolute Gasteiger partial charge is 0.220 e. The molecule has 1 amide bonds. The first-order valence-corrected chi connectivity index (χ1v) is 19.0. The van der Waals surface area contributed by atoms with E-state index in [9.17, 15) is 4.79 Å². The molecule has 11 N–H and O–H groups in total. The van der Waals surface area contributed by atoms with E-state index < -0.39 is 12.6 Å². The summed E-state index contributed by atoms with van der Waals surface area (Å²) in [6.45, 7) is 16.9. The van der Waals surface area contributed by atoms with E-state index in [1.54, 1.807) is 5.57 Å². The first-order chi connectivity index (χ1) is 21.8. The molecule has 0 aromatic rings. The van der Waals surface area contributed by atoms with Crippen molar-refractivity contribution in [2.75, 3.05) is 39.3 Å². The normalized spacial score (nSPS) is 33.2. The van der Waals surface area contributed by atoms with E-state index in [1.165, 1.54) is 64.2 Å². The molecule has 4 aliphatic carbocycles. The van der Waals surface area contributed by atoms with Gasteiger partial charge in [0.1, 0.15) is 12.6 Å². The molecule has 46 heavy (non-hydrogen) atoms. The van der Waals surface area contributed by atoms with Crippen LogP contribution in [0.2, 0.25) is 0 Å². The molecule has 3 fully saturated rings. The van der Waals surface area contributed by atoms with Gasteiger partial charge in [0.15, 0.2) is 0 Å². The van der Waals surface area contributed by atoms with Crippen molar-refractivity contribution in [2.24, 2.45) is 75.2 Å². The number of amides is 1. The molecule has 0 aliphatic heterocycles. The van der Waals surface area contributed by atoms with Crippen molar-refractivity contribution < 1.29 is 4.79 Å². The highest BCUT2D eigenvalue weighted by molar-refractivity contribution is 5.76. The third-order valence-electron chi connectivity index (χ3n) is 13.2. The summed E-state index contributed by atoms with van der Waals surface area (Å²) in [4.78, 5) is 15.3. The Morgan fingerprint density at radius 3 is 2.22 bits per heavy atom. The minimum Gasteiger partial charge on any atom is -0.355 e. The zero-order chi connectivity index (χ0) is 33.5. The van der Waals surface area contributed by atoms with Gasteiger partial charge in [-0.15, -0.1) is 0 Å². The first kappa shape index (κ1) is 37.7. The second kappa shape index (κ2) is 17.0. The van der Waals surface area contributed by atoms with E-state index in [0.717, 1.165) is 61.6 Å². The molecule has 9 heteroatoms. The van der Waals surface area contributed by atoms with Gasteiger partial charge in [-0.05, 0) is 104 Å². The van der Waals surface area contributed by atoms with Crippen molar-refractivity contribution in [1.29, 1.82) is 0 Å². The zero-order valence-electron chi connectivity index (χ0n) is 30.2. The summed E-state index contributed by atoms with van der Waals surface area (Å²) in [6, 6.07) is 0. The van der Waals surface area contributed by atoms with Crippen LogP contribution in [0, 0.1) is 52.3 Å². The molecule has 0 heterocycles. The minimum atomic E-state index is -0.536. The molecule has 0 aromatic carbocycles. The van der Waals surface area contributed by atoms with Crippen molar-refractivity contribution in [1.82, 2.24) is 20.9 Å². The third kappa shape index (κ3) is 9.54. The summed E-state index contributed by atoms with van der Waals surface area (Å²) in [5.74, 6) is 5.81. The van der Waals surface area contributed by atoms with Gasteiger partial charge in [0.2, 0.25) is 5.91 Å². The Bertz CT molecular complexity index is 972. The molecule has 8 atom stereocenters. The number of hydrogen-bond donors (Lipinski definition) is 7. The highest BCUT2D eigenvalue weighted by Crippen LogP contribution is 2.67. The number of fused-ring (bicyclic) bond motifs is 5. The topological polar surface area (TPSA) is 160 Å². The molecule has 0 radical (unpaired) electrons. The van der Waals surface area contributed by atoms with Gasteiger partial charge in [-0.25, -0.2) is 0 Å². The summed E-state index contributed by atoms with van der Waals surface area (Å²) >= 11 is 0. The van der Waals surface area contributed by atoms with Crippen molar-refractivity contribution in [3.63, 3.8) is 0 Å². The fourth-order valence-electron chi connectivity index (χ4n) is 10.7. The van der Waals surface area contributed by atoms with Crippen LogP contribution in [0.1, 0.15) is 112 Å². The number of carbonyl (C=O) groups excluding carboxylic acids is 1. The third-order valence-corrected chi connectivity index (χ3v) is 13.2. The van der Waals surface area contributed by atoms with E-state index in [-0.39, 0.29) is 5.91 Å². The number of nitrogens with one attached hydrogen (secondary N) is 3. The van der Waals surface area contributed by atoms with Crippen LogP contribution in [0.25, 0.3) is 0 Å². The van der Waals surface area contributed by atoms with Crippen molar-refractivity contribution in [3.8, 4) is 0 Å². The predicted octanol–water partition coefficient (Wildman–Crippen LogP) is 4.03. The van der Waals surface area contributed by atoms with Gasteiger partial charge in [0, 0.05) is 45.7 Å². The molecule has 0 saturated heterocycles. The molecular weight excluding hydrogens is 572 g/mol. The van der Waals surface area contributed by atoms with Crippen LogP contribution in [0.15, 0.2) is 11.6 Å². The van der Waals surface area contributed by atoms with Crippen LogP contribution in [-0.4, -0.2) is 62.7 Å². The van der Waals surface area contributed by atoms with Crippen LogP contribution in [0.3, 0.4) is 0 Å². The SMILES string of the molecule is CC(C)CCCC(C)C1CCC2C3CC=C4CC(CC(=O)NCCN(CCNC(N)N)CCNC(N)N)CCC4(C)C3CCC12C. The van der Waals surface area contributed by atoms with E-state index in [0.29, 0.717) is 42.8 Å². The highest BCUT2D eigenvalue weighted by Gasteiger charge is 2.59. The summed E-state index contributed by atoms with van der Waals surface area (Å²) in [5, 5.41) is 9.31. The summed E-state index contributed by atoms with van der Waals surface area (Å²) in [7, 11) is 0. The Kier molecular flexibility index (Phi) is 14.0. The maximum Gasteiger partial charge on any atom is 0.220 e. The van der Waals surface area contributed by atoms with Crippen molar-refractivity contribution in [3.05, 3.63) is 11.6 Å². The number of allylic oxidation sites excluding steroid dienone is 2. The fourth-order valence-corrected chi connectivity index (χ4v) is 10.7. The molecule has 8 unspecified atom stereocenters. The number of carbonyl (C=O) groups is 1. The Morgan fingerprint density at radius 2 is 1.57 bits per heavy atom. The lowest BCUT2D eigenvalue weighted by molar-refractivity contribution is -0.122. The first-order valence-electron chi connectivity index (χ1n) is 19.0. The lowest BCUT2D eigenvalue weighted by Gasteiger charge is -2.58. The Morgan fingerprint density at radius 1 is 0.891 bits per heavy atom. The van der Waals surface area contributed by atoms with Gasteiger partial charge in [-0.1, -0.05) is 65.5 Å². The van der Waals surface area contributed by atoms with Gasteiger partial charge in [-0.3, -0.25) is 20.3 Å². The largest absolute Gasteiger partial charge is 0.355 e. The molecule has 9 nitrogen and oxygen atoms in total. The number of hydrogen-bond acceptors (Lipinski definition) is 8. The quantitative estimate of drug-likeness (QED) is 0.0870. The van der Waals surface area contributed by atoms with E-state index in [2.05, 4.69) is 61.5 Å². The predicted molar refractivity (Wildman–Crippen MR) is 191 cm³/mol. The lowest BCUT2D eigenvalue weighted by atomic mass is 9.46. The van der Waals surface area contributed by atoms with Crippen LogP contribution in [0.5, 0.6) is 0 Å². The van der Waals surface area contributed by atoms with Gasteiger partial charge in [0.05, 0.1) is 0 Å². The molecular formula is C37H72N8O. The zero-order valence-corrected chi connectivity index (χ0v) is 30.2. The number of nitrogens with zero attached hydrogens (tertiary/aromatic N) is 1. The summed E-state index contributed by atoms with van der Waals surface area (Å²) in [5.41, 5.74) is 25.1. The van der Waals surface area contributed by atoms with Gasteiger partial charge in [-0.2, -0.15) is 0 Å². The average molecular weight is 645 g/mol. The molecule has 0 aromatic heterocycles. The average Bonchev–Trinajstić information content (AvgIpc) is 3.34. The second-order valence-electron chi connectivity index (χ2n) is 16.8. The van der Waals surface area contributed by atoms with Gasteiger partial charge >= 0.3 is 0 Å². The molecule has 4 aliphatic rings. The molecule has 266 valence electrons. The van der Waals surface area contributed by atoms with Gasteiger partial charge in [0.25, 0.3) is 0 Å². The van der Waals surface area contributed by atoms with Crippen LogP contribution >= 0.6 is 0 Å². The number of nitrogens with two attached hydrogens (primary N) is 4. The number of rotatable bonds is 18. The van der Waals surface area contributed by atoms with E-state index >= 15 is 0 Å². The Labute approximate surface area is 281 Å². The summed E-state index contributed by atoms with van der Waals surface area (Å²) in [6.07, 6.45) is 16.9. The van der Waals surface area contributed by atoms with E-state index in [1.807, 2.05) is 0 Å². The summed E-state index contributed by atoms with van der Waals surface area (Å²) < 4.78 is 0. The maximum atomic E-state index is 13.1. The second-order valence-corrected chi connectivity index (χ2v) is 16.8. The van der Waals surface area contributed by atoms with Crippen LogP contribution < -0.4 is 38.9 Å². The molecule has 0 spiro atoms.